The Morgan fingerprint density at radius 2 is 2.06 bits per heavy atom. The Labute approximate surface area is 99.3 Å². The third kappa shape index (κ3) is 1.47. The van der Waals surface area contributed by atoms with E-state index in [1.807, 2.05) is 13.8 Å². The van der Waals surface area contributed by atoms with Gasteiger partial charge < -0.3 is 10.3 Å². The summed E-state index contributed by atoms with van der Waals surface area (Å²) in [6, 6.07) is 5.22. The van der Waals surface area contributed by atoms with Crippen LogP contribution in [0.15, 0.2) is 12.1 Å². The lowest BCUT2D eigenvalue weighted by Gasteiger charge is -2.08. The van der Waals surface area contributed by atoms with E-state index in [4.69, 9.17) is 11.0 Å². The highest BCUT2D eigenvalue weighted by Crippen LogP contribution is 2.34. The number of anilines is 1. The average Bonchev–Trinajstić information content (AvgIpc) is 2.53. The van der Waals surface area contributed by atoms with E-state index in [9.17, 15) is 4.39 Å². The number of nitrogens with two attached hydrogens (primary N) is 1. The van der Waals surface area contributed by atoms with Gasteiger partial charge in [-0.15, -0.1) is 0 Å². The molecule has 2 rings (SSSR count). The molecule has 88 valence electrons. The smallest absolute Gasteiger partial charge is 0.147 e. The Hall–Kier alpha value is -2.02. The van der Waals surface area contributed by atoms with E-state index in [1.165, 1.54) is 10.6 Å². The number of hydrogen-bond acceptors (Lipinski definition) is 2. The fourth-order valence-electron chi connectivity index (χ4n) is 2.18. The number of nitrogen functional groups attached to an aromatic ring is 1. The molecule has 1 aromatic carbocycles. The third-order valence-electron chi connectivity index (χ3n) is 3.10. The second kappa shape index (κ2) is 3.77. The van der Waals surface area contributed by atoms with Gasteiger partial charge in [-0.1, -0.05) is 19.9 Å². The molecule has 4 heteroatoms. The molecule has 0 bridgehead atoms. The Morgan fingerprint density at radius 1 is 1.41 bits per heavy atom. The lowest BCUT2D eigenvalue weighted by Crippen LogP contribution is -1.97. The van der Waals surface area contributed by atoms with Crippen LogP contribution in [0.25, 0.3) is 10.9 Å². The Balaban J connectivity index is 3.05. The average molecular weight is 231 g/mol. The van der Waals surface area contributed by atoms with Crippen LogP contribution >= 0.6 is 0 Å². The maximum atomic E-state index is 13.8. The zero-order chi connectivity index (χ0) is 12.7. The second-order valence-electron chi connectivity index (χ2n) is 4.45. The standard InChI is InChI=1S/C13H14FN3/c1-7(2)8-4-5-10(14)12-11(8)9(6-15)13(16)17(12)3/h4-5,7H,16H2,1-3H3. The normalized spacial score (nSPS) is 11.1. The van der Waals surface area contributed by atoms with Crippen LogP contribution < -0.4 is 5.73 Å². The van der Waals surface area contributed by atoms with Gasteiger partial charge in [-0.25, -0.2) is 4.39 Å². The van der Waals surface area contributed by atoms with Gasteiger partial charge in [0, 0.05) is 12.4 Å². The van der Waals surface area contributed by atoms with Crippen LogP contribution in [0.1, 0.15) is 30.9 Å². The van der Waals surface area contributed by atoms with Crippen molar-refractivity contribution >= 4 is 16.7 Å². The molecule has 2 N–H and O–H groups in total. The van der Waals surface area contributed by atoms with Gasteiger partial charge in [-0.05, 0) is 17.5 Å². The minimum atomic E-state index is -0.347. The summed E-state index contributed by atoms with van der Waals surface area (Å²) < 4.78 is 15.4. The van der Waals surface area contributed by atoms with Crippen molar-refractivity contribution < 1.29 is 4.39 Å². The van der Waals surface area contributed by atoms with Crippen LogP contribution in [0.5, 0.6) is 0 Å². The van der Waals surface area contributed by atoms with E-state index < -0.39 is 0 Å². The Morgan fingerprint density at radius 3 is 2.59 bits per heavy atom. The molecule has 3 nitrogen and oxygen atoms in total. The van der Waals surface area contributed by atoms with Gasteiger partial charge in [0.15, 0.2) is 0 Å². The molecular weight excluding hydrogens is 217 g/mol. The van der Waals surface area contributed by atoms with E-state index in [1.54, 1.807) is 13.1 Å². The van der Waals surface area contributed by atoms with Gasteiger partial charge >= 0.3 is 0 Å². The Kier molecular flexibility index (Phi) is 2.55. The molecule has 0 amide bonds. The summed E-state index contributed by atoms with van der Waals surface area (Å²) in [5.41, 5.74) is 7.56. The van der Waals surface area contributed by atoms with Gasteiger partial charge in [-0.2, -0.15) is 5.26 Å². The number of nitriles is 1. The quantitative estimate of drug-likeness (QED) is 0.820. The fourth-order valence-corrected chi connectivity index (χ4v) is 2.18. The van der Waals surface area contributed by atoms with Crippen LogP contribution in [0.2, 0.25) is 0 Å². The number of rotatable bonds is 1. The molecule has 0 saturated heterocycles. The van der Waals surface area contributed by atoms with Gasteiger partial charge in [0.25, 0.3) is 0 Å². The number of hydrogen-bond donors (Lipinski definition) is 1. The molecule has 0 aliphatic carbocycles. The van der Waals surface area contributed by atoms with Crippen molar-refractivity contribution in [2.45, 2.75) is 19.8 Å². The number of aryl methyl sites for hydroxylation is 1. The molecular formula is C13H14FN3. The topological polar surface area (TPSA) is 54.7 Å². The predicted octanol–water partition coefficient (Wildman–Crippen LogP) is 2.89. The minimum absolute atomic E-state index is 0.215. The SMILES string of the molecule is CC(C)c1ccc(F)c2c1c(C#N)c(N)n2C. The monoisotopic (exact) mass is 231 g/mol. The molecule has 1 aromatic heterocycles. The summed E-state index contributed by atoms with van der Waals surface area (Å²) >= 11 is 0. The lowest BCUT2D eigenvalue weighted by atomic mass is 9.97. The van der Waals surface area contributed by atoms with Crippen molar-refractivity contribution in [2.24, 2.45) is 7.05 Å². The van der Waals surface area contributed by atoms with Gasteiger partial charge in [0.2, 0.25) is 0 Å². The minimum Gasteiger partial charge on any atom is -0.384 e. The first-order valence-corrected chi connectivity index (χ1v) is 5.45. The molecule has 0 unspecified atom stereocenters. The van der Waals surface area contributed by atoms with Gasteiger partial charge in [0.1, 0.15) is 23.3 Å². The highest BCUT2D eigenvalue weighted by Gasteiger charge is 2.20. The summed E-state index contributed by atoms with van der Waals surface area (Å²) in [6.07, 6.45) is 0. The largest absolute Gasteiger partial charge is 0.384 e. The van der Waals surface area contributed by atoms with Crippen molar-refractivity contribution in [1.82, 2.24) is 4.57 Å². The molecule has 0 radical (unpaired) electrons. The van der Waals surface area contributed by atoms with E-state index in [2.05, 4.69) is 6.07 Å². The van der Waals surface area contributed by atoms with Crippen molar-refractivity contribution in [3.05, 3.63) is 29.1 Å². The van der Waals surface area contributed by atoms with Crippen molar-refractivity contribution in [2.75, 3.05) is 5.73 Å². The first-order valence-electron chi connectivity index (χ1n) is 5.45. The van der Waals surface area contributed by atoms with E-state index in [0.29, 0.717) is 22.3 Å². The van der Waals surface area contributed by atoms with Crippen LogP contribution in [0, 0.1) is 17.1 Å². The second-order valence-corrected chi connectivity index (χ2v) is 4.45. The molecule has 0 aliphatic heterocycles. The van der Waals surface area contributed by atoms with Crippen LogP contribution in [0.4, 0.5) is 10.2 Å². The number of halogens is 1. The maximum Gasteiger partial charge on any atom is 0.147 e. The highest BCUT2D eigenvalue weighted by molar-refractivity contribution is 5.95. The summed E-state index contributed by atoms with van der Waals surface area (Å²) in [5, 5.41) is 9.80. The molecule has 2 aromatic rings. The molecule has 0 saturated carbocycles. The summed E-state index contributed by atoms with van der Waals surface area (Å²) in [4.78, 5) is 0. The molecule has 0 spiro atoms. The lowest BCUT2D eigenvalue weighted by molar-refractivity contribution is 0.631. The van der Waals surface area contributed by atoms with E-state index in [0.717, 1.165) is 5.56 Å². The number of fused-ring (bicyclic) bond motifs is 1. The first kappa shape index (κ1) is 11.5. The molecule has 1 heterocycles. The van der Waals surface area contributed by atoms with Gasteiger partial charge in [-0.3, -0.25) is 0 Å². The Bertz CT molecular complexity index is 632. The number of nitrogens with zero attached hydrogens (tertiary/aromatic N) is 2. The zero-order valence-electron chi connectivity index (χ0n) is 10.1. The van der Waals surface area contributed by atoms with Crippen molar-refractivity contribution in [3.8, 4) is 6.07 Å². The molecule has 0 fully saturated rings. The van der Waals surface area contributed by atoms with Crippen LogP contribution in [-0.2, 0) is 7.05 Å². The van der Waals surface area contributed by atoms with Crippen molar-refractivity contribution in [3.63, 3.8) is 0 Å². The maximum absolute atomic E-state index is 13.8. The fraction of sp³-hybridized carbons (Fsp3) is 0.308. The summed E-state index contributed by atoms with van der Waals surface area (Å²) in [6.45, 7) is 4.02. The van der Waals surface area contributed by atoms with E-state index >= 15 is 0 Å². The highest BCUT2D eigenvalue weighted by atomic mass is 19.1. The predicted molar refractivity (Wildman–Crippen MR) is 66.1 cm³/mol. The number of aromatic nitrogens is 1. The van der Waals surface area contributed by atoms with Gasteiger partial charge in [0.05, 0.1) is 5.52 Å². The van der Waals surface area contributed by atoms with Crippen molar-refractivity contribution in [1.29, 1.82) is 5.26 Å². The summed E-state index contributed by atoms with van der Waals surface area (Å²) in [7, 11) is 1.67. The van der Waals surface area contributed by atoms with E-state index in [-0.39, 0.29) is 11.7 Å². The number of benzene rings is 1. The molecule has 17 heavy (non-hydrogen) atoms. The van der Waals surface area contributed by atoms with Crippen LogP contribution in [-0.4, -0.2) is 4.57 Å². The molecule has 0 aliphatic rings. The zero-order valence-corrected chi connectivity index (χ0v) is 10.1. The third-order valence-corrected chi connectivity index (χ3v) is 3.10. The van der Waals surface area contributed by atoms with Crippen LogP contribution in [0.3, 0.4) is 0 Å². The summed E-state index contributed by atoms with van der Waals surface area (Å²) in [5.74, 6) is 0.182. The first-order chi connectivity index (χ1) is 7.99. The molecule has 0 atom stereocenters.